The van der Waals surface area contributed by atoms with Crippen LogP contribution in [-0.2, 0) is 15.8 Å². The summed E-state index contributed by atoms with van der Waals surface area (Å²) in [5.41, 5.74) is -2.04. The maximum absolute atomic E-state index is 12.9. The highest BCUT2D eigenvalue weighted by Gasteiger charge is 2.44. The van der Waals surface area contributed by atoms with Crippen LogP contribution < -0.4 is 4.90 Å². The van der Waals surface area contributed by atoms with Crippen molar-refractivity contribution >= 4 is 23.3 Å². The lowest BCUT2D eigenvalue weighted by atomic mass is 10.1. The van der Waals surface area contributed by atoms with Gasteiger partial charge in [-0.15, -0.1) is 0 Å². The first-order valence-corrected chi connectivity index (χ1v) is 5.51. The predicted molar refractivity (Wildman–Crippen MR) is 60.4 cm³/mol. The van der Waals surface area contributed by atoms with E-state index in [4.69, 9.17) is 5.11 Å². The lowest BCUT2D eigenvalue weighted by Gasteiger charge is -2.19. The van der Waals surface area contributed by atoms with Crippen LogP contribution in [0.5, 0.6) is 0 Å². The molecule has 0 bridgehead atoms. The summed E-state index contributed by atoms with van der Waals surface area (Å²) in [7, 11) is 0. The molecule has 1 heterocycles. The van der Waals surface area contributed by atoms with Gasteiger partial charge >= 0.3 is 12.1 Å². The third-order valence-corrected chi connectivity index (χ3v) is 2.84. The molecule has 1 aliphatic rings. The first-order valence-electron chi connectivity index (χ1n) is 5.51. The second-order valence-electron chi connectivity index (χ2n) is 4.13. The Morgan fingerprint density at radius 1 is 1.25 bits per heavy atom. The number of nitrogens with zero attached hydrogens (tertiary/aromatic N) is 1. The quantitative estimate of drug-likeness (QED) is 0.859. The average Bonchev–Trinajstić information content (AvgIpc) is 2.59. The highest BCUT2D eigenvalue weighted by molar-refractivity contribution is 6.52. The van der Waals surface area contributed by atoms with Gasteiger partial charge in [0.05, 0.1) is 23.2 Å². The van der Waals surface area contributed by atoms with Gasteiger partial charge in [-0.25, -0.2) is 0 Å². The standard InChI is InChI=1S/C12H8F3NO4/c13-12(14,15)7-3-1-2-6-9(7)16(5-4-8(17)18)11(20)10(6)19/h1-3H,4-5H2,(H,17,18). The molecule has 20 heavy (non-hydrogen) atoms. The molecule has 1 aliphatic heterocycles. The molecule has 1 N–H and O–H groups in total. The highest BCUT2D eigenvalue weighted by atomic mass is 19.4. The number of hydrogen-bond donors (Lipinski definition) is 1. The number of halogens is 3. The van der Waals surface area contributed by atoms with E-state index in [1.165, 1.54) is 0 Å². The van der Waals surface area contributed by atoms with E-state index in [-0.39, 0.29) is 5.56 Å². The second-order valence-corrected chi connectivity index (χ2v) is 4.13. The lowest BCUT2D eigenvalue weighted by molar-refractivity contribution is -0.137. The molecule has 106 valence electrons. The molecule has 2 rings (SSSR count). The highest BCUT2D eigenvalue weighted by Crippen LogP contribution is 2.41. The fourth-order valence-electron chi connectivity index (χ4n) is 2.01. The van der Waals surface area contributed by atoms with Crippen molar-refractivity contribution in [1.82, 2.24) is 0 Å². The first-order chi connectivity index (χ1) is 9.23. The molecule has 1 amide bonds. The normalized spacial score (nSPS) is 14.7. The van der Waals surface area contributed by atoms with Gasteiger partial charge in [0.25, 0.3) is 11.7 Å². The average molecular weight is 287 g/mol. The Kier molecular flexibility index (Phi) is 3.24. The molecule has 0 atom stereocenters. The summed E-state index contributed by atoms with van der Waals surface area (Å²) in [4.78, 5) is 34.4. The summed E-state index contributed by atoms with van der Waals surface area (Å²) >= 11 is 0. The van der Waals surface area contributed by atoms with Gasteiger partial charge in [-0.3, -0.25) is 14.4 Å². The number of benzene rings is 1. The zero-order chi connectivity index (χ0) is 15.1. The van der Waals surface area contributed by atoms with Gasteiger partial charge < -0.3 is 10.0 Å². The van der Waals surface area contributed by atoms with E-state index in [1.807, 2.05) is 0 Å². The van der Waals surface area contributed by atoms with Gasteiger partial charge in [0.1, 0.15) is 0 Å². The largest absolute Gasteiger partial charge is 0.481 e. The fourth-order valence-corrected chi connectivity index (χ4v) is 2.01. The van der Waals surface area contributed by atoms with Crippen molar-refractivity contribution in [2.45, 2.75) is 12.6 Å². The molecule has 1 aromatic carbocycles. The molecule has 8 heteroatoms. The predicted octanol–water partition coefficient (Wildman–Crippen LogP) is 1.71. The van der Waals surface area contributed by atoms with Crippen LogP contribution in [-0.4, -0.2) is 29.3 Å². The van der Waals surface area contributed by atoms with E-state index < -0.39 is 48.1 Å². The Bertz CT molecular complexity index is 609. The van der Waals surface area contributed by atoms with Gasteiger partial charge in [0, 0.05) is 6.54 Å². The van der Waals surface area contributed by atoms with Crippen LogP contribution >= 0.6 is 0 Å². The van der Waals surface area contributed by atoms with Gasteiger partial charge in [0.2, 0.25) is 0 Å². The number of Topliss-reactive ketones (excluding diaryl/α,β-unsaturated/α-hetero) is 1. The molecule has 0 spiro atoms. The molecule has 0 radical (unpaired) electrons. The summed E-state index contributed by atoms with van der Waals surface area (Å²) in [5, 5.41) is 8.56. The number of carboxylic acids is 1. The Hall–Kier alpha value is -2.38. The minimum absolute atomic E-state index is 0.352. The van der Waals surface area contributed by atoms with E-state index in [2.05, 4.69) is 0 Å². The zero-order valence-electron chi connectivity index (χ0n) is 9.90. The number of carboxylic acid groups (broad SMARTS) is 1. The smallest absolute Gasteiger partial charge is 0.418 e. The fraction of sp³-hybridized carbons (Fsp3) is 0.250. The number of fused-ring (bicyclic) bond motifs is 1. The summed E-state index contributed by atoms with van der Waals surface area (Å²) in [6.07, 6.45) is -5.29. The monoisotopic (exact) mass is 287 g/mol. The molecule has 0 aliphatic carbocycles. The molecular formula is C12H8F3NO4. The number of rotatable bonds is 3. The number of amides is 1. The molecule has 0 saturated heterocycles. The van der Waals surface area contributed by atoms with Crippen LogP contribution in [0.2, 0.25) is 0 Å². The van der Waals surface area contributed by atoms with E-state index in [1.54, 1.807) is 0 Å². The maximum Gasteiger partial charge on any atom is 0.418 e. The van der Waals surface area contributed by atoms with E-state index in [0.717, 1.165) is 18.2 Å². The van der Waals surface area contributed by atoms with Crippen molar-refractivity contribution in [2.75, 3.05) is 11.4 Å². The number of carbonyl (C=O) groups excluding carboxylic acids is 2. The summed E-state index contributed by atoms with van der Waals surface area (Å²) in [6, 6.07) is 2.90. The van der Waals surface area contributed by atoms with Crippen LogP contribution in [0, 0.1) is 0 Å². The lowest BCUT2D eigenvalue weighted by Crippen LogP contribution is -2.32. The van der Waals surface area contributed by atoms with Gasteiger partial charge in [-0.1, -0.05) is 6.07 Å². The van der Waals surface area contributed by atoms with E-state index >= 15 is 0 Å². The van der Waals surface area contributed by atoms with Crippen molar-refractivity contribution in [3.63, 3.8) is 0 Å². The molecule has 0 aromatic heterocycles. The number of ketones is 1. The van der Waals surface area contributed by atoms with Crippen LogP contribution in [0.1, 0.15) is 22.3 Å². The topological polar surface area (TPSA) is 74.7 Å². The second kappa shape index (κ2) is 4.62. The number of para-hydroxylation sites is 1. The van der Waals surface area contributed by atoms with Gasteiger partial charge in [-0.2, -0.15) is 13.2 Å². The van der Waals surface area contributed by atoms with Crippen LogP contribution in [0.3, 0.4) is 0 Å². The molecular weight excluding hydrogens is 279 g/mol. The minimum Gasteiger partial charge on any atom is -0.481 e. The number of carbonyl (C=O) groups is 3. The SMILES string of the molecule is O=C(O)CCN1C(=O)C(=O)c2cccc(C(F)(F)F)c21. The van der Waals surface area contributed by atoms with Crippen LogP contribution in [0.15, 0.2) is 18.2 Å². The van der Waals surface area contributed by atoms with Crippen molar-refractivity contribution in [1.29, 1.82) is 0 Å². The molecule has 5 nitrogen and oxygen atoms in total. The Balaban J connectivity index is 2.53. The summed E-state index contributed by atoms with van der Waals surface area (Å²) in [5.74, 6) is -3.47. The van der Waals surface area contributed by atoms with Crippen molar-refractivity contribution in [2.24, 2.45) is 0 Å². The first kappa shape index (κ1) is 14.0. The number of aliphatic carboxylic acids is 1. The van der Waals surface area contributed by atoms with Crippen LogP contribution in [0.25, 0.3) is 0 Å². The van der Waals surface area contributed by atoms with E-state index in [0.29, 0.717) is 4.90 Å². The van der Waals surface area contributed by atoms with Crippen molar-refractivity contribution in [3.05, 3.63) is 29.3 Å². The summed E-state index contributed by atoms with van der Waals surface area (Å²) < 4.78 is 38.7. The summed E-state index contributed by atoms with van der Waals surface area (Å²) in [6.45, 7) is -0.486. The van der Waals surface area contributed by atoms with Crippen LogP contribution in [0.4, 0.5) is 18.9 Å². The number of anilines is 1. The maximum atomic E-state index is 12.9. The molecule has 0 unspecified atom stereocenters. The molecule has 0 saturated carbocycles. The molecule has 1 aromatic rings. The number of alkyl halides is 3. The zero-order valence-corrected chi connectivity index (χ0v) is 9.90. The van der Waals surface area contributed by atoms with E-state index in [9.17, 15) is 27.6 Å². The molecule has 0 fully saturated rings. The Labute approximate surface area is 110 Å². The minimum atomic E-state index is -4.74. The van der Waals surface area contributed by atoms with Gasteiger partial charge in [-0.05, 0) is 12.1 Å². The van der Waals surface area contributed by atoms with Crippen molar-refractivity contribution in [3.8, 4) is 0 Å². The third kappa shape index (κ3) is 2.24. The Morgan fingerprint density at radius 2 is 1.90 bits per heavy atom. The Morgan fingerprint density at radius 3 is 2.45 bits per heavy atom. The van der Waals surface area contributed by atoms with Crippen molar-refractivity contribution < 1.29 is 32.7 Å². The number of hydrogen-bond acceptors (Lipinski definition) is 3. The van der Waals surface area contributed by atoms with Gasteiger partial charge in [0.15, 0.2) is 0 Å². The third-order valence-electron chi connectivity index (χ3n) is 2.84.